The van der Waals surface area contributed by atoms with E-state index in [0.717, 1.165) is 22.9 Å². The normalized spacial score (nSPS) is 14.3. The Labute approximate surface area is 211 Å². The average molecular weight is 498 g/mol. The molecule has 0 saturated heterocycles. The van der Waals surface area contributed by atoms with Gasteiger partial charge in [-0.25, -0.2) is 0 Å². The van der Waals surface area contributed by atoms with Crippen LogP contribution in [0.5, 0.6) is 0 Å². The number of benzene rings is 2. The Hall–Kier alpha value is -3.13. The van der Waals surface area contributed by atoms with E-state index in [1.807, 2.05) is 74.5 Å². The summed E-state index contributed by atoms with van der Waals surface area (Å²) in [5.74, 6) is -1.88. The molecule has 8 heteroatoms. The summed E-state index contributed by atoms with van der Waals surface area (Å²) in [7, 11) is 1.50. The third-order valence-corrected chi connectivity index (χ3v) is 6.64. The highest BCUT2D eigenvalue weighted by Crippen LogP contribution is 2.32. The van der Waals surface area contributed by atoms with Gasteiger partial charge in [-0.3, -0.25) is 19.2 Å². The van der Waals surface area contributed by atoms with Crippen LogP contribution < -0.4 is 16.0 Å². The van der Waals surface area contributed by atoms with E-state index in [2.05, 4.69) is 16.0 Å². The summed E-state index contributed by atoms with van der Waals surface area (Å²) in [5.41, 5.74) is 1.67. The van der Waals surface area contributed by atoms with E-state index in [0.29, 0.717) is 0 Å². The van der Waals surface area contributed by atoms with Crippen LogP contribution >= 0.6 is 11.8 Å². The number of amides is 3. The van der Waals surface area contributed by atoms with Crippen molar-refractivity contribution in [3.63, 3.8) is 0 Å². The molecule has 0 heterocycles. The molecule has 0 bridgehead atoms. The predicted octanol–water partition coefficient (Wildman–Crippen LogP) is 3.40. The zero-order chi connectivity index (χ0) is 26.0. The maximum absolute atomic E-state index is 13.8. The lowest BCUT2D eigenvalue weighted by Gasteiger charge is -2.35. The maximum atomic E-state index is 13.8. The summed E-state index contributed by atoms with van der Waals surface area (Å²) < 4.78 is 0. The Kier molecular flexibility index (Phi) is 10.5. The van der Waals surface area contributed by atoms with Gasteiger partial charge in [0.15, 0.2) is 9.99 Å². The highest BCUT2D eigenvalue weighted by atomic mass is 32.2. The van der Waals surface area contributed by atoms with Gasteiger partial charge in [-0.05, 0) is 30.4 Å². The molecule has 0 radical (unpaired) electrons. The SMILES string of the molecule is CNC(=O)[C@H](Cc1ccccc1)NC(=O)C(CC(C)C)(NC(=O)C(C)c1ccccc1)SC(C)=O. The van der Waals surface area contributed by atoms with Gasteiger partial charge in [0.2, 0.25) is 11.8 Å². The van der Waals surface area contributed by atoms with Gasteiger partial charge in [-0.15, -0.1) is 0 Å². The van der Waals surface area contributed by atoms with Crippen LogP contribution in [-0.4, -0.2) is 40.8 Å². The van der Waals surface area contributed by atoms with E-state index >= 15 is 0 Å². The first-order chi connectivity index (χ1) is 16.6. The lowest BCUT2D eigenvalue weighted by molar-refractivity contribution is -0.133. The van der Waals surface area contributed by atoms with Crippen LogP contribution in [0.4, 0.5) is 0 Å². The van der Waals surface area contributed by atoms with Crippen LogP contribution in [0, 0.1) is 5.92 Å². The molecule has 0 aliphatic carbocycles. The standard InChI is InChI=1S/C27H35N3O4S/c1-18(2)17-27(35-20(4)31,30-24(32)19(3)22-14-10-7-11-15-22)26(34)29-23(25(33)28-5)16-21-12-8-6-9-13-21/h6-15,18-19,23H,16-17H2,1-5H3,(H,28,33)(H,29,34)(H,30,32)/t19?,23-,27?/m0/s1. The molecule has 188 valence electrons. The minimum Gasteiger partial charge on any atom is -0.357 e. The number of thioether (sulfide) groups is 1. The quantitative estimate of drug-likeness (QED) is 0.413. The topological polar surface area (TPSA) is 104 Å². The molecule has 0 spiro atoms. The molecule has 0 saturated carbocycles. The molecule has 3 amide bonds. The van der Waals surface area contributed by atoms with E-state index in [1.165, 1.54) is 14.0 Å². The zero-order valence-electron chi connectivity index (χ0n) is 21.0. The molecule has 0 aliphatic rings. The van der Waals surface area contributed by atoms with Crippen LogP contribution in [0.3, 0.4) is 0 Å². The molecule has 35 heavy (non-hydrogen) atoms. The van der Waals surface area contributed by atoms with Crippen molar-refractivity contribution in [2.45, 2.75) is 57.4 Å². The number of hydrogen-bond donors (Lipinski definition) is 3. The first kappa shape index (κ1) is 28.1. The summed E-state index contributed by atoms with van der Waals surface area (Å²) >= 11 is 0.777. The Morgan fingerprint density at radius 1 is 0.886 bits per heavy atom. The molecule has 2 unspecified atom stereocenters. The largest absolute Gasteiger partial charge is 0.357 e. The number of hydrogen-bond acceptors (Lipinski definition) is 5. The molecule has 3 N–H and O–H groups in total. The Bertz CT molecular complexity index is 1010. The number of rotatable bonds is 11. The molecular formula is C27H35N3O4S. The third-order valence-electron chi connectivity index (χ3n) is 5.55. The predicted molar refractivity (Wildman–Crippen MR) is 140 cm³/mol. The second-order valence-electron chi connectivity index (χ2n) is 8.97. The van der Waals surface area contributed by atoms with Crippen LogP contribution in [0.2, 0.25) is 0 Å². The number of carbonyl (C=O) groups is 4. The molecule has 7 nitrogen and oxygen atoms in total. The average Bonchev–Trinajstić information content (AvgIpc) is 2.82. The molecule has 2 aromatic rings. The minimum absolute atomic E-state index is 0.0208. The van der Waals surface area contributed by atoms with Crippen molar-refractivity contribution in [1.82, 2.24) is 16.0 Å². The molecule has 0 aromatic heterocycles. The fourth-order valence-corrected chi connectivity index (χ4v) is 5.05. The lowest BCUT2D eigenvalue weighted by Crippen LogP contribution is -2.61. The van der Waals surface area contributed by atoms with Crippen molar-refractivity contribution in [2.75, 3.05) is 7.05 Å². The van der Waals surface area contributed by atoms with Gasteiger partial charge in [-0.2, -0.15) is 0 Å². The summed E-state index contributed by atoms with van der Waals surface area (Å²) in [4.78, 5) is 50.4. The van der Waals surface area contributed by atoms with Crippen molar-refractivity contribution in [1.29, 1.82) is 0 Å². The number of likely N-dealkylation sites (N-methyl/N-ethyl adjacent to an activating group) is 1. The number of nitrogens with one attached hydrogen (secondary N) is 3. The first-order valence-corrected chi connectivity index (χ1v) is 12.5. The Balaban J connectivity index is 2.39. The molecule has 0 aliphatic heterocycles. The second-order valence-corrected chi connectivity index (χ2v) is 10.4. The molecule has 3 atom stereocenters. The van der Waals surface area contributed by atoms with Gasteiger partial charge in [0.05, 0.1) is 5.92 Å². The summed E-state index contributed by atoms with van der Waals surface area (Å²) in [6.07, 6.45) is 0.477. The van der Waals surface area contributed by atoms with Gasteiger partial charge in [0.1, 0.15) is 6.04 Å². The molecule has 2 aromatic carbocycles. The zero-order valence-corrected chi connectivity index (χ0v) is 21.8. The van der Waals surface area contributed by atoms with Crippen LogP contribution in [0.25, 0.3) is 0 Å². The molecular weight excluding hydrogens is 462 g/mol. The highest BCUT2D eigenvalue weighted by molar-refractivity contribution is 8.15. The van der Waals surface area contributed by atoms with E-state index in [9.17, 15) is 19.2 Å². The molecule has 2 rings (SSSR count). The van der Waals surface area contributed by atoms with Gasteiger partial charge >= 0.3 is 0 Å². The van der Waals surface area contributed by atoms with Crippen molar-refractivity contribution in [3.8, 4) is 0 Å². The van der Waals surface area contributed by atoms with E-state index < -0.39 is 22.7 Å². The van der Waals surface area contributed by atoms with Gasteiger partial charge in [0.25, 0.3) is 5.91 Å². The monoisotopic (exact) mass is 497 g/mol. The minimum atomic E-state index is -1.57. The van der Waals surface area contributed by atoms with E-state index in [1.54, 1.807) is 6.92 Å². The van der Waals surface area contributed by atoms with Gasteiger partial charge in [0, 0.05) is 20.4 Å². The van der Waals surface area contributed by atoms with Gasteiger partial charge in [-0.1, -0.05) is 86.3 Å². The van der Waals surface area contributed by atoms with Crippen molar-refractivity contribution >= 4 is 34.6 Å². The van der Waals surface area contributed by atoms with E-state index in [4.69, 9.17) is 0 Å². The lowest BCUT2D eigenvalue weighted by atomic mass is 9.97. The van der Waals surface area contributed by atoms with E-state index in [-0.39, 0.29) is 35.7 Å². The third kappa shape index (κ3) is 8.24. The Morgan fingerprint density at radius 3 is 1.97 bits per heavy atom. The molecule has 0 fully saturated rings. The maximum Gasteiger partial charge on any atom is 0.257 e. The van der Waals surface area contributed by atoms with Crippen molar-refractivity contribution < 1.29 is 19.2 Å². The van der Waals surface area contributed by atoms with Crippen molar-refractivity contribution in [3.05, 3.63) is 71.8 Å². The smallest absolute Gasteiger partial charge is 0.257 e. The summed E-state index contributed by atoms with van der Waals surface area (Å²) in [6, 6.07) is 17.7. The number of carbonyl (C=O) groups excluding carboxylic acids is 4. The fourth-order valence-electron chi connectivity index (χ4n) is 3.84. The Morgan fingerprint density at radius 2 is 1.46 bits per heavy atom. The second kappa shape index (κ2) is 13.1. The van der Waals surface area contributed by atoms with Crippen LogP contribution in [0.15, 0.2) is 60.7 Å². The highest BCUT2D eigenvalue weighted by Gasteiger charge is 2.44. The van der Waals surface area contributed by atoms with Crippen LogP contribution in [-0.2, 0) is 25.6 Å². The first-order valence-electron chi connectivity index (χ1n) is 11.7. The van der Waals surface area contributed by atoms with Crippen LogP contribution in [0.1, 0.15) is 51.2 Å². The fraction of sp³-hybridized carbons (Fsp3) is 0.407. The van der Waals surface area contributed by atoms with Gasteiger partial charge < -0.3 is 16.0 Å². The van der Waals surface area contributed by atoms with Crippen molar-refractivity contribution in [2.24, 2.45) is 5.92 Å². The summed E-state index contributed by atoms with van der Waals surface area (Å²) in [6.45, 7) is 6.94. The summed E-state index contributed by atoms with van der Waals surface area (Å²) in [5, 5.41) is 7.97.